The minimum Gasteiger partial charge on any atom is -0.303 e. The molecule has 1 saturated heterocycles. The molecule has 1 N–H and O–H groups in total. The summed E-state index contributed by atoms with van der Waals surface area (Å²) >= 11 is 1.23. The van der Waals surface area contributed by atoms with Crippen molar-refractivity contribution in [2.75, 3.05) is 0 Å². The Balaban J connectivity index is 1.69. The summed E-state index contributed by atoms with van der Waals surface area (Å²) in [5.41, 5.74) is 2.56. The zero-order chi connectivity index (χ0) is 18.5. The van der Waals surface area contributed by atoms with Gasteiger partial charge < -0.3 is 5.32 Å². The summed E-state index contributed by atoms with van der Waals surface area (Å²) in [6, 6.07) is 14.2. The van der Waals surface area contributed by atoms with E-state index in [1.54, 1.807) is 24.4 Å². The molecule has 1 fully saturated rings. The van der Waals surface area contributed by atoms with Crippen LogP contribution in [0.3, 0.4) is 0 Å². The van der Waals surface area contributed by atoms with Gasteiger partial charge in [0.2, 0.25) is 5.91 Å². The fourth-order valence-corrected chi connectivity index (χ4v) is 3.48. The first-order valence-corrected chi connectivity index (χ1v) is 8.79. The van der Waals surface area contributed by atoms with Crippen molar-refractivity contribution in [2.45, 2.75) is 18.6 Å². The average Bonchev–Trinajstić information content (AvgIpc) is 2.96. The zero-order valence-corrected chi connectivity index (χ0v) is 14.8. The van der Waals surface area contributed by atoms with Crippen molar-refractivity contribution in [1.29, 1.82) is 0 Å². The first kappa shape index (κ1) is 17.8. The third-order valence-corrected chi connectivity index (χ3v) is 4.98. The smallest absolute Gasteiger partial charge is 0.272 e. The molecule has 1 atom stereocenters. The molecule has 1 heterocycles. The Labute approximate surface area is 154 Å². The van der Waals surface area contributed by atoms with E-state index in [-0.39, 0.29) is 18.0 Å². The third-order valence-electron chi connectivity index (χ3n) is 3.90. The molecule has 1 unspecified atom stereocenters. The summed E-state index contributed by atoms with van der Waals surface area (Å²) in [5.74, 6) is -0.224. The molecule has 2 aromatic rings. The highest BCUT2D eigenvalue weighted by molar-refractivity contribution is 8.15. The molecule has 2 aromatic carbocycles. The molecule has 0 bridgehead atoms. The van der Waals surface area contributed by atoms with Gasteiger partial charge in [0.05, 0.1) is 16.4 Å². The summed E-state index contributed by atoms with van der Waals surface area (Å²) in [4.78, 5) is 22.8. The molecule has 0 aromatic heterocycles. The number of nitrogens with one attached hydrogen (secondary N) is 1. The number of hydrogen-bond acceptors (Lipinski definition) is 6. The second-order valence-corrected chi connectivity index (χ2v) is 6.88. The van der Waals surface area contributed by atoms with Gasteiger partial charge in [0.25, 0.3) is 5.69 Å². The van der Waals surface area contributed by atoms with E-state index < -0.39 is 10.2 Å². The lowest BCUT2D eigenvalue weighted by molar-refractivity contribution is -0.385. The minimum absolute atomic E-state index is 0.0175. The number of amides is 1. The number of hydrogen-bond donors (Lipinski definition) is 1. The Morgan fingerprint density at radius 2 is 1.96 bits per heavy atom. The highest BCUT2D eigenvalue weighted by Crippen LogP contribution is 2.27. The number of amidine groups is 1. The number of nitrogens with zero attached hydrogens (tertiary/aromatic N) is 3. The van der Waals surface area contributed by atoms with E-state index in [0.717, 1.165) is 11.1 Å². The number of nitro benzene ring substituents is 1. The number of aryl methyl sites for hydroxylation is 1. The Bertz CT molecular complexity index is 911. The van der Waals surface area contributed by atoms with Crippen molar-refractivity contribution in [3.8, 4) is 0 Å². The van der Waals surface area contributed by atoms with E-state index in [1.165, 1.54) is 17.8 Å². The number of nitro groups is 1. The summed E-state index contributed by atoms with van der Waals surface area (Å²) in [7, 11) is 0. The van der Waals surface area contributed by atoms with Gasteiger partial charge >= 0.3 is 0 Å². The molecule has 1 amide bonds. The lowest BCUT2D eigenvalue weighted by atomic mass is 10.1. The standard InChI is InChI=1S/C18H16N4O3S/c1-12-6-2-3-8-14(12)11-19-21-18-20-17(23)16(26-18)10-13-7-4-5-9-15(13)22(24)25/h2-9,11,16H,10H2,1H3,(H,20,21,23). The van der Waals surface area contributed by atoms with Crippen LogP contribution in [0.5, 0.6) is 0 Å². The molecule has 1 aliphatic heterocycles. The van der Waals surface area contributed by atoms with Crippen LogP contribution in [0, 0.1) is 17.0 Å². The van der Waals surface area contributed by atoms with Gasteiger partial charge in [-0.3, -0.25) is 14.9 Å². The van der Waals surface area contributed by atoms with Crippen LogP contribution in [-0.4, -0.2) is 27.5 Å². The van der Waals surface area contributed by atoms with E-state index in [1.807, 2.05) is 31.2 Å². The van der Waals surface area contributed by atoms with Gasteiger partial charge in [0.15, 0.2) is 5.17 Å². The molecule has 3 rings (SSSR count). The molecule has 0 aliphatic carbocycles. The quantitative estimate of drug-likeness (QED) is 0.498. The highest BCUT2D eigenvalue weighted by atomic mass is 32.2. The van der Waals surface area contributed by atoms with Gasteiger partial charge in [-0.25, -0.2) is 0 Å². The average molecular weight is 368 g/mol. The van der Waals surface area contributed by atoms with Crippen molar-refractivity contribution in [3.05, 3.63) is 75.3 Å². The maximum absolute atomic E-state index is 12.1. The van der Waals surface area contributed by atoms with Crippen LogP contribution in [0.4, 0.5) is 5.69 Å². The Morgan fingerprint density at radius 1 is 1.23 bits per heavy atom. The molecule has 0 saturated carbocycles. The zero-order valence-electron chi connectivity index (χ0n) is 14.0. The van der Waals surface area contributed by atoms with Gasteiger partial charge in [0, 0.05) is 18.1 Å². The molecule has 26 heavy (non-hydrogen) atoms. The molecule has 8 heteroatoms. The number of carbonyl (C=O) groups is 1. The van der Waals surface area contributed by atoms with Crippen molar-refractivity contribution in [3.63, 3.8) is 0 Å². The Morgan fingerprint density at radius 3 is 2.73 bits per heavy atom. The van der Waals surface area contributed by atoms with Gasteiger partial charge in [-0.05, 0) is 18.1 Å². The van der Waals surface area contributed by atoms with Crippen molar-refractivity contribution in [2.24, 2.45) is 10.2 Å². The van der Waals surface area contributed by atoms with Crippen molar-refractivity contribution in [1.82, 2.24) is 5.32 Å². The molecule has 0 spiro atoms. The summed E-state index contributed by atoms with van der Waals surface area (Å²) in [6.07, 6.45) is 1.89. The van der Waals surface area contributed by atoms with E-state index >= 15 is 0 Å². The second-order valence-electron chi connectivity index (χ2n) is 5.69. The SMILES string of the molecule is Cc1ccccc1C=NN=C1NC(=O)C(Cc2ccccc2[N+](=O)[O-])S1. The van der Waals surface area contributed by atoms with Crippen molar-refractivity contribution >= 4 is 34.7 Å². The summed E-state index contributed by atoms with van der Waals surface area (Å²) < 4.78 is 0. The molecular formula is C18H16N4O3S. The number of para-hydroxylation sites is 1. The summed E-state index contributed by atoms with van der Waals surface area (Å²) in [6.45, 7) is 1.98. The number of carbonyl (C=O) groups excluding carboxylic acids is 1. The van der Waals surface area contributed by atoms with E-state index in [0.29, 0.717) is 10.7 Å². The first-order valence-electron chi connectivity index (χ1n) is 7.91. The van der Waals surface area contributed by atoms with E-state index in [9.17, 15) is 14.9 Å². The van der Waals surface area contributed by atoms with E-state index in [4.69, 9.17) is 0 Å². The molecular weight excluding hydrogens is 352 g/mol. The predicted octanol–water partition coefficient (Wildman–Crippen LogP) is 3.07. The molecule has 132 valence electrons. The minimum atomic E-state index is -0.469. The largest absolute Gasteiger partial charge is 0.303 e. The van der Waals surface area contributed by atoms with Crippen LogP contribution in [0.25, 0.3) is 0 Å². The lowest BCUT2D eigenvalue weighted by Gasteiger charge is -2.05. The van der Waals surface area contributed by atoms with Crippen LogP contribution >= 0.6 is 11.8 Å². The maximum Gasteiger partial charge on any atom is 0.272 e. The molecule has 1 aliphatic rings. The topological polar surface area (TPSA) is 97.0 Å². The maximum atomic E-state index is 12.1. The van der Waals surface area contributed by atoms with Crippen LogP contribution in [0.1, 0.15) is 16.7 Å². The van der Waals surface area contributed by atoms with Crippen molar-refractivity contribution < 1.29 is 9.72 Å². The van der Waals surface area contributed by atoms with Gasteiger partial charge in [0.1, 0.15) is 0 Å². The van der Waals surface area contributed by atoms with E-state index in [2.05, 4.69) is 15.5 Å². The van der Waals surface area contributed by atoms with Crippen LogP contribution < -0.4 is 5.32 Å². The first-order chi connectivity index (χ1) is 12.5. The number of thioether (sulfide) groups is 1. The number of rotatable bonds is 5. The normalized spacial score (nSPS) is 18.4. The Hall–Kier alpha value is -3.00. The van der Waals surface area contributed by atoms with Crippen LogP contribution in [0.15, 0.2) is 58.7 Å². The molecule has 7 nitrogen and oxygen atoms in total. The number of benzene rings is 2. The molecule has 0 radical (unpaired) electrons. The van der Waals surface area contributed by atoms with Gasteiger partial charge in [-0.1, -0.05) is 54.2 Å². The van der Waals surface area contributed by atoms with Gasteiger partial charge in [-0.2, -0.15) is 5.10 Å². The van der Waals surface area contributed by atoms with Crippen LogP contribution in [-0.2, 0) is 11.2 Å². The fraction of sp³-hybridized carbons (Fsp3) is 0.167. The monoisotopic (exact) mass is 368 g/mol. The third kappa shape index (κ3) is 4.15. The van der Waals surface area contributed by atoms with Crippen LogP contribution in [0.2, 0.25) is 0 Å². The predicted molar refractivity (Wildman–Crippen MR) is 103 cm³/mol. The summed E-state index contributed by atoms with van der Waals surface area (Å²) in [5, 5.41) is 21.8. The second kappa shape index (κ2) is 7.92. The highest BCUT2D eigenvalue weighted by Gasteiger charge is 2.32. The Kier molecular flexibility index (Phi) is 5.43. The van der Waals surface area contributed by atoms with Gasteiger partial charge in [-0.15, -0.1) is 5.10 Å². The fourth-order valence-electron chi connectivity index (χ4n) is 2.52. The lowest BCUT2D eigenvalue weighted by Crippen LogP contribution is -2.26.